The molecule has 0 aromatic heterocycles. The summed E-state index contributed by atoms with van der Waals surface area (Å²) < 4.78 is 0. The highest BCUT2D eigenvalue weighted by Gasteiger charge is 2.25. The Morgan fingerprint density at radius 2 is 2.00 bits per heavy atom. The molecular formula is C17H23N3O. The van der Waals surface area contributed by atoms with E-state index in [1.807, 2.05) is 12.1 Å². The first kappa shape index (κ1) is 15.5. The number of nitrogens with one attached hydrogen (secondary N) is 2. The van der Waals surface area contributed by atoms with E-state index in [-0.39, 0.29) is 12.5 Å². The molecule has 1 aliphatic rings. The van der Waals surface area contributed by atoms with Crippen LogP contribution in [0.25, 0.3) is 0 Å². The number of nitriles is 1. The largest absolute Gasteiger partial charge is 0.342 e. The fourth-order valence-electron chi connectivity index (χ4n) is 3.06. The number of nitrogens with zero attached hydrogens (tertiary/aromatic N) is 1. The molecule has 1 aromatic carbocycles. The fraction of sp³-hybridized carbons (Fsp3) is 0.529. The van der Waals surface area contributed by atoms with Gasteiger partial charge in [0.15, 0.2) is 0 Å². The van der Waals surface area contributed by atoms with Crippen LogP contribution in [0.5, 0.6) is 0 Å². The summed E-state index contributed by atoms with van der Waals surface area (Å²) in [6.45, 7) is 0.385. The van der Waals surface area contributed by atoms with Crippen molar-refractivity contribution in [2.24, 2.45) is 5.92 Å². The third-order valence-corrected chi connectivity index (χ3v) is 4.14. The van der Waals surface area contributed by atoms with Gasteiger partial charge in [0.25, 0.3) is 0 Å². The van der Waals surface area contributed by atoms with Gasteiger partial charge in [-0.2, -0.15) is 5.26 Å². The average Bonchev–Trinajstić information content (AvgIpc) is 2.53. The van der Waals surface area contributed by atoms with E-state index in [2.05, 4.69) is 34.9 Å². The van der Waals surface area contributed by atoms with Crippen molar-refractivity contribution >= 4 is 5.91 Å². The quantitative estimate of drug-likeness (QED) is 0.786. The van der Waals surface area contributed by atoms with Gasteiger partial charge in [0, 0.05) is 6.04 Å². The first-order chi connectivity index (χ1) is 10.3. The Balaban J connectivity index is 1.84. The number of benzene rings is 1. The molecule has 0 radical (unpaired) electrons. The molecule has 4 heteroatoms. The summed E-state index contributed by atoms with van der Waals surface area (Å²) in [7, 11) is 0. The highest BCUT2D eigenvalue weighted by atomic mass is 16.1. The van der Waals surface area contributed by atoms with Crippen molar-refractivity contribution < 1.29 is 4.79 Å². The van der Waals surface area contributed by atoms with E-state index in [9.17, 15) is 4.79 Å². The molecule has 1 fully saturated rings. The van der Waals surface area contributed by atoms with Gasteiger partial charge >= 0.3 is 0 Å². The molecule has 2 N–H and O–H groups in total. The maximum Gasteiger partial charge on any atom is 0.234 e. The number of hydrogen-bond acceptors (Lipinski definition) is 3. The van der Waals surface area contributed by atoms with Crippen molar-refractivity contribution in [3.8, 4) is 6.07 Å². The first-order valence-corrected chi connectivity index (χ1v) is 7.70. The summed E-state index contributed by atoms with van der Waals surface area (Å²) in [6, 6.07) is 12.9. The minimum Gasteiger partial charge on any atom is -0.342 e. The highest BCUT2D eigenvalue weighted by Crippen LogP contribution is 2.27. The van der Waals surface area contributed by atoms with Crippen LogP contribution in [0.15, 0.2) is 30.3 Å². The zero-order valence-electron chi connectivity index (χ0n) is 12.3. The van der Waals surface area contributed by atoms with Crippen molar-refractivity contribution in [1.29, 1.82) is 5.26 Å². The van der Waals surface area contributed by atoms with Crippen molar-refractivity contribution in [2.75, 3.05) is 13.1 Å². The van der Waals surface area contributed by atoms with Crippen LogP contribution >= 0.6 is 0 Å². The molecule has 112 valence electrons. The lowest BCUT2D eigenvalue weighted by atomic mass is 9.80. The van der Waals surface area contributed by atoms with E-state index in [0.29, 0.717) is 18.5 Å². The smallest absolute Gasteiger partial charge is 0.234 e. The molecule has 0 bridgehead atoms. The highest BCUT2D eigenvalue weighted by molar-refractivity contribution is 5.78. The number of hydrogen-bond donors (Lipinski definition) is 2. The molecule has 0 spiro atoms. The van der Waals surface area contributed by atoms with E-state index in [1.165, 1.54) is 24.8 Å². The molecule has 0 saturated heterocycles. The molecule has 4 nitrogen and oxygen atoms in total. The van der Waals surface area contributed by atoms with Gasteiger partial charge in [-0.05, 0) is 30.7 Å². The Bertz CT molecular complexity index is 481. The Morgan fingerprint density at radius 3 is 2.76 bits per heavy atom. The van der Waals surface area contributed by atoms with Crippen LogP contribution in [0.2, 0.25) is 0 Å². The van der Waals surface area contributed by atoms with Crippen LogP contribution in [-0.4, -0.2) is 25.0 Å². The number of carbonyl (C=O) groups is 1. The van der Waals surface area contributed by atoms with E-state index >= 15 is 0 Å². The lowest BCUT2D eigenvalue weighted by Gasteiger charge is -2.32. The van der Waals surface area contributed by atoms with Crippen molar-refractivity contribution in [2.45, 2.75) is 38.1 Å². The van der Waals surface area contributed by atoms with Gasteiger partial charge in [-0.15, -0.1) is 0 Å². The van der Waals surface area contributed by atoms with Gasteiger partial charge in [0.2, 0.25) is 5.91 Å². The Kier molecular flexibility index (Phi) is 6.23. The van der Waals surface area contributed by atoms with Crippen LogP contribution < -0.4 is 10.6 Å². The molecule has 2 atom stereocenters. The molecule has 0 unspecified atom stereocenters. The molecule has 1 aliphatic carbocycles. The molecule has 21 heavy (non-hydrogen) atoms. The van der Waals surface area contributed by atoms with Gasteiger partial charge in [0.1, 0.15) is 6.54 Å². The zero-order valence-corrected chi connectivity index (χ0v) is 12.3. The lowest BCUT2D eigenvalue weighted by Crippen LogP contribution is -2.44. The van der Waals surface area contributed by atoms with Crippen molar-refractivity contribution in [3.05, 3.63) is 35.9 Å². The van der Waals surface area contributed by atoms with Crippen molar-refractivity contribution in [3.63, 3.8) is 0 Å². The van der Waals surface area contributed by atoms with Crippen molar-refractivity contribution in [1.82, 2.24) is 10.6 Å². The fourth-order valence-corrected chi connectivity index (χ4v) is 3.06. The number of carbonyl (C=O) groups excluding carboxylic acids is 1. The molecule has 1 aromatic rings. The molecule has 2 rings (SSSR count). The van der Waals surface area contributed by atoms with Gasteiger partial charge < -0.3 is 10.6 Å². The molecule has 0 heterocycles. The minimum atomic E-state index is -0.0967. The molecule has 0 aliphatic heterocycles. The maximum absolute atomic E-state index is 11.6. The predicted octanol–water partition coefficient (Wildman–Crippen LogP) is 2.02. The summed E-state index contributed by atoms with van der Waals surface area (Å²) in [6.07, 6.45) is 5.91. The van der Waals surface area contributed by atoms with Gasteiger partial charge in [-0.25, -0.2) is 0 Å². The minimum absolute atomic E-state index is 0.0820. The summed E-state index contributed by atoms with van der Waals surface area (Å²) in [5.41, 5.74) is 1.37. The monoisotopic (exact) mass is 285 g/mol. The second kappa shape index (κ2) is 8.43. The van der Waals surface area contributed by atoms with Gasteiger partial charge in [0.05, 0.1) is 12.6 Å². The third-order valence-electron chi connectivity index (χ3n) is 4.14. The summed E-state index contributed by atoms with van der Waals surface area (Å²) in [5, 5.41) is 14.4. The van der Waals surface area contributed by atoms with Crippen LogP contribution in [0.1, 0.15) is 31.2 Å². The number of rotatable bonds is 6. The van der Waals surface area contributed by atoms with E-state index in [0.717, 1.165) is 12.8 Å². The van der Waals surface area contributed by atoms with E-state index in [4.69, 9.17) is 5.26 Å². The van der Waals surface area contributed by atoms with Crippen LogP contribution in [0, 0.1) is 17.2 Å². The van der Waals surface area contributed by atoms with Gasteiger partial charge in [-0.1, -0.05) is 43.2 Å². The molecular weight excluding hydrogens is 262 g/mol. The molecule has 1 saturated carbocycles. The first-order valence-electron chi connectivity index (χ1n) is 7.70. The summed E-state index contributed by atoms with van der Waals surface area (Å²) >= 11 is 0. The predicted molar refractivity (Wildman–Crippen MR) is 82.5 cm³/mol. The Hall–Kier alpha value is -1.86. The normalized spacial score (nSPS) is 21.5. The summed E-state index contributed by atoms with van der Waals surface area (Å²) in [4.78, 5) is 11.6. The Labute approximate surface area is 126 Å². The molecule has 1 amide bonds. The Morgan fingerprint density at radius 1 is 1.24 bits per heavy atom. The summed E-state index contributed by atoms with van der Waals surface area (Å²) in [5.74, 6) is 0.491. The van der Waals surface area contributed by atoms with Crippen LogP contribution in [0.3, 0.4) is 0 Å². The van der Waals surface area contributed by atoms with Crippen LogP contribution in [-0.2, 0) is 11.2 Å². The van der Waals surface area contributed by atoms with E-state index < -0.39 is 0 Å². The van der Waals surface area contributed by atoms with Gasteiger partial charge in [-0.3, -0.25) is 4.79 Å². The van der Waals surface area contributed by atoms with Crippen LogP contribution in [0.4, 0.5) is 0 Å². The maximum atomic E-state index is 11.6. The standard InChI is InChI=1S/C17H23N3O/c18-10-11-19-17(21)13-20-16-9-5-4-8-15(16)12-14-6-2-1-3-7-14/h1-3,6-7,15-16,20H,4-5,8-9,11-13H2,(H,19,21)/t15-,16-/m1/s1. The second-order valence-electron chi connectivity index (χ2n) is 5.66. The second-order valence-corrected chi connectivity index (χ2v) is 5.66. The van der Waals surface area contributed by atoms with E-state index in [1.54, 1.807) is 0 Å². The topological polar surface area (TPSA) is 64.9 Å². The zero-order chi connectivity index (χ0) is 14.9. The number of amides is 1. The SMILES string of the molecule is N#CCNC(=O)CN[C@@H]1CCCC[C@@H]1Cc1ccccc1. The third kappa shape index (κ3) is 5.20. The lowest BCUT2D eigenvalue weighted by molar-refractivity contribution is -0.120. The average molecular weight is 285 g/mol.